The molecule has 1 rings (SSSR count). The zero-order valence-corrected chi connectivity index (χ0v) is 10.5. The lowest BCUT2D eigenvalue weighted by molar-refractivity contribution is -0.140. The van der Waals surface area contributed by atoms with Gasteiger partial charge in [0.05, 0.1) is 24.2 Å². The molecule has 1 N–H and O–H groups in total. The van der Waals surface area contributed by atoms with E-state index in [2.05, 4.69) is 15.0 Å². The summed E-state index contributed by atoms with van der Waals surface area (Å²) >= 11 is 1.53. The molecule has 0 aromatic carbocycles. The lowest BCUT2D eigenvalue weighted by atomic mass is 10.4. The number of nitrogens with zero attached hydrogens (tertiary/aromatic N) is 1. The lowest BCUT2D eigenvalue weighted by Gasteiger charge is -2.00. The topological polar surface area (TPSA) is 68.3 Å². The number of hydrogen-bond acceptors (Lipinski definition) is 5. The monoisotopic (exact) mass is 254 g/mol. The van der Waals surface area contributed by atoms with Gasteiger partial charge in [0.25, 0.3) is 0 Å². The summed E-state index contributed by atoms with van der Waals surface area (Å²) in [6.45, 7) is 2.17. The predicted octanol–water partition coefficient (Wildman–Crippen LogP) is 1.14. The average molecular weight is 254 g/mol. The van der Waals surface area contributed by atoms with Gasteiger partial charge in [0.1, 0.15) is 0 Å². The first kappa shape index (κ1) is 13.4. The number of esters is 1. The minimum absolute atomic E-state index is 0.173. The largest absolute Gasteiger partial charge is 0.469 e. The third kappa shape index (κ3) is 5.26. The van der Waals surface area contributed by atoms with Gasteiger partial charge < -0.3 is 10.1 Å². The lowest BCUT2D eigenvalue weighted by Crippen LogP contribution is -2.24. The summed E-state index contributed by atoms with van der Waals surface area (Å²) in [4.78, 5) is 26.3. The molecule has 0 bridgehead atoms. The minimum atomic E-state index is -0.343. The molecule has 92 valence electrons. The van der Waals surface area contributed by atoms with Crippen LogP contribution in [0.4, 0.5) is 0 Å². The summed E-state index contributed by atoms with van der Waals surface area (Å²) in [5.74, 6) is -0.594. The molecule has 6 heteroatoms. The third-order valence-electron chi connectivity index (χ3n) is 1.90. The Morgan fingerprint density at radius 3 is 2.94 bits per heavy atom. The van der Waals surface area contributed by atoms with Crippen LogP contribution in [0.2, 0.25) is 0 Å². The van der Waals surface area contributed by atoms with Gasteiger partial charge in [-0.3, -0.25) is 9.59 Å². The maximum absolute atomic E-state index is 11.3. The van der Waals surface area contributed by atoms with Crippen LogP contribution in [0.3, 0.4) is 0 Å². The van der Waals surface area contributed by atoms with Crippen LogP contribution in [0, 0.1) is 6.92 Å². The van der Waals surface area contributed by atoms with Crippen LogP contribution >= 0.6 is 11.3 Å². The van der Waals surface area contributed by atoms with Crippen molar-refractivity contribution in [2.75, 3.05) is 13.7 Å². The average Bonchev–Trinajstić information content (AvgIpc) is 2.72. The van der Waals surface area contributed by atoms with Gasteiger partial charge >= 0.3 is 5.97 Å². The zero-order chi connectivity index (χ0) is 12.7. The SMILES string of the molecule is COC(=O)CCNC(=O)/C=C\c1csc(C)n1. The second kappa shape index (κ2) is 6.80. The van der Waals surface area contributed by atoms with Gasteiger partial charge in [-0.25, -0.2) is 4.98 Å². The number of aromatic nitrogens is 1. The molecule has 0 saturated heterocycles. The Bertz CT molecular complexity index is 426. The number of nitrogens with one attached hydrogen (secondary N) is 1. The van der Waals surface area contributed by atoms with Crippen molar-refractivity contribution in [1.82, 2.24) is 10.3 Å². The molecule has 1 aromatic heterocycles. The number of hydrogen-bond donors (Lipinski definition) is 1. The van der Waals surface area contributed by atoms with Gasteiger partial charge in [-0.05, 0) is 13.0 Å². The van der Waals surface area contributed by atoms with E-state index in [-0.39, 0.29) is 24.8 Å². The van der Waals surface area contributed by atoms with Gasteiger partial charge in [0.2, 0.25) is 5.91 Å². The Hall–Kier alpha value is -1.69. The maximum atomic E-state index is 11.3. The molecule has 0 unspecified atom stereocenters. The smallest absolute Gasteiger partial charge is 0.307 e. The summed E-state index contributed by atoms with van der Waals surface area (Å²) in [5, 5.41) is 5.40. The van der Waals surface area contributed by atoms with Crippen molar-refractivity contribution in [3.05, 3.63) is 22.2 Å². The molecule has 1 heterocycles. The van der Waals surface area contributed by atoms with E-state index in [4.69, 9.17) is 0 Å². The fraction of sp³-hybridized carbons (Fsp3) is 0.364. The number of carbonyl (C=O) groups is 2. The summed E-state index contributed by atoms with van der Waals surface area (Å²) in [7, 11) is 1.31. The van der Waals surface area contributed by atoms with Crippen molar-refractivity contribution in [2.24, 2.45) is 0 Å². The Morgan fingerprint density at radius 1 is 1.59 bits per heavy atom. The highest BCUT2D eigenvalue weighted by Crippen LogP contribution is 2.08. The Kier molecular flexibility index (Phi) is 5.35. The van der Waals surface area contributed by atoms with Gasteiger partial charge in [0, 0.05) is 18.0 Å². The number of thiazole rings is 1. The molecule has 1 amide bonds. The second-order valence-electron chi connectivity index (χ2n) is 3.24. The van der Waals surface area contributed by atoms with Crippen LogP contribution in [-0.4, -0.2) is 30.5 Å². The first-order valence-electron chi connectivity index (χ1n) is 5.06. The number of rotatable bonds is 5. The summed E-state index contributed by atoms with van der Waals surface area (Å²) < 4.78 is 4.45. The van der Waals surface area contributed by atoms with Crippen LogP contribution in [0.15, 0.2) is 11.5 Å². The molecule has 17 heavy (non-hydrogen) atoms. The van der Waals surface area contributed by atoms with Gasteiger partial charge in [0.15, 0.2) is 0 Å². The fourth-order valence-electron chi connectivity index (χ4n) is 1.07. The van der Waals surface area contributed by atoms with Crippen LogP contribution in [0.1, 0.15) is 17.1 Å². The normalized spacial score (nSPS) is 10.5. The first-order chi connectivity index (χ1) is 8.11. The zero-order valence-electron chi connectivity index (χ0n) is 9.73. The number of carbonyl (C=O) groups excluding carboxylic acids is 2. The fourth-order valence-corrected chi connectivity index (χ4v) is 1.65. The van der Waals surface area contributed by atoms with E-state index < -0.39 is 0 Å². The Labute approximate surface area is 104 Å². The highest BCUT2D eigenvalue weighted by atomic mass is 32.1. The van der Waals surface area contributed by atoms with E-state index in [9.17, 15) is 9.59 Å². The van der Waals surface area contributed by atoms with Crippen molar-refractivity contribution < 1.29 is 14.3 Å². The summed E-state index contributed by atoms with van der Waals surface area (Å²) in [6.07, 6.45) is 3.20. The number of amides is 1. The third-order valence-corrected chi connectivity index (χ3v) is 2.69. The van der Waals surface area contributed by atoms with E-state index >= 15 is 0 Å². The molecule has 0 aliphatic heterocycles. The van der Waals surface area contributed by atoms with Crippen LogP contribution in [-0.2, 0) is 14.3 Å². The molecule has 0 fully saturated rings. The number of aryl methyl sites for hydroxylation is 1. The van der Waals surface area contributed by atoms with E-state index in [1.165, 1.54) is 24.5 Å². The molecule has 0 aliphatic rings. The van der Waals surface area contributed by atoms with Gasteiger partial charge in [-0.15, -0.1) is 11.3 Å². The standard InChI is InChI=1S/C11H14N2O3S/c1-8-13-9(7-17-8)3-4-10(14)12-6-5-11(15)16-2/h3-4,7H,5-6H2,1-2H3,(H,12,14)/b4-3-. The van der Waals surface area contributed by atoms with Gasteiger partial charge in [-0.1, -0.05) is 0 Å². The molecule has 5 nitrogen and oxygen atoms in total. The van der Waals surface area contributed by atoms with Crippen molar-refractivity contribution in [3.63, 3.8) is 0 Å². The van der Waals surface area contributed by atoms with E-state index in [0.29, 0.717) is 0 Å². The minimum Gasteiger partial charge on any atom is -0.469 e. The van der Waals surface area contributed by atoms with Crippen molar-refractivity contribution in [2.45, 2.75) is 13.3 Å². The summed E-state index contributed by atoms with van der Waals surface area (Å²) in [5.41, 5.74) is 0.760. The molecule has 0 spiro atoms. The van der Waals surface area contributed by atoms with Crippen molar-refractivity contribution >= 4 is 29.3 Å². The van der Waals surface area contributed by atoms with E-state index in [0.717, 1.165) is 10.7 Å². The highest BCUT2D eigenvalue weighted by molar-refractivity contribution is 7.09. The Balaban J connectivity index is 2.30. The first-order valence-corrected chi connectivity index (χ1v) is 5.94. The molecule has 1 aromatic rings. The molecule has 0 radical (unpaired) electrons. The molecule has 0 atom stereocenters. The maximum Gasteiger partial charge on any atom is 0.307 e. The van der Waals surface area contributed by atoms with Crippen molar-refractivity contribution in [3.8, 4) is 0 Å². The number of methoxy groups -OCH3 is 1. The van der Waals surface area contributed by atoms with E-state index in [1.54, 1.807) is 6.08 Å². The van der Waals surface area contributed by atoms with Crippen LogP contribution in [0.5, 0.6) is 0 Å². The summed E-state index contributed by atoms with van der Waals surface area (Å²) in [6, 6.07) is 0. The predicted molar refractivity (Wildman–Crippen MR) is 65.5 cm³/mol. The quantitative estimate of drug-likeness (QED) is 0.632. The Morgan fingerprint density at radius 2 is 2.35 bits per heavy atom. The highest BCUT2D eigenvalue weighted by Gasteiger charge is 2.01. The van der Waals surface area contributed by atoms with Crippen LogP contribution in [0.25, 0.3) is 6.08 Å². The van der Waals surface area contributed by atoms with Crippen molar-refractivity contribution in [1.29, 1.82) is 0 Å². The second-order valence-corrected chi connectivity index (χ2v) is 4.30. The molecule has 0 aliphatic carbocycles. The van der Waals surface area contributed by atoms with Gasteiger partial charge in [-0.2, -0.15) is 0 Å². The van der Waals surface area contributed by atoms with E-state index in [1.807, 2.05) is 12.3 Å². The molecule has 0 saturated carbocycles. The molecular weight excluding hydrogens is 240 g/mol. The molecular formula is C11H14N2O3S. The van der Waals surface area contributed by atoms with Crippen LogP contribution < -0.4 is 5.32 Å². The number of ether oxygens (including phenoxy) is 1.